The van der Waals surface area contributed by atoms with Crippen molar-refractivity contribution in [1.82, 2.24) is 0 Å². The lowest BCUT2D eigenvalue weighted by Gasteiger charge is -2.12. The lowest BCUT2D eigenvalue weighted by molar-refractivity contribution is 0.340. The van der Waals surface area contributed by atoms with Gasteiger partial charge < -0.3 is 14.2 Å². The highest BCUT2D eigenvalue weighted by atomic mass is 32.2. The molecule has 3 aromatic rings. The van der Waals surface area contributed by atoms with Crippen LogP contribution in [-0.2, 0) is 20.0 Å². The fourth-order valence-corrected chi connectivity index (χ4v) is 5.03. The maximum absolute atomic E-state index is 12.7. The van der Waals surface area contributed by atoms with Crippen molar-refractivity contribution in [3.05, 3.63) is 66.7 Å². The van der Waals surface area contributed by atoms with E-state index < -0.39 is 20.0 Å². The fourth-order valence-electron chi connectivity index (χ4n) is 2.90. The third-order valence-corrected chi connectivity index (χ3v) is 7.28. The molecule has 9 nitrogen and oxygen atoms in total. The molecule has 0 atom stereocenters. The standard InChI is InChI=1S/C22H24N2O7S2/c1-4-31-18-9-5-16(6-10-18)23-32(25,26)19-11-7-17(8-12-19)24-33(27,28)20-13-14-21(29-2)22(15-20)30-3/h5-15,23-24H,4H2,1-3H3. The van der Waals surface area contributed by atoms with Crippen molar-refractivity contribution >= 4 is 31.4 Å². The molecule has 0 aliphatic rings. The molecule has 0 bridgehead atoms. The number of benzene rings is 3. The summed E-state index contributed by atoms with van der Waals surface area (Å²) < 4.78 is 71.2. The third-order valence-electron chi connectivity index (χ3n) is 4.50. The summed E-state index contributed by atoms with van der Waals surface area (Å²) in [6, 6.07) is 16.0. The number of rotatable bonds is 10. The first kappa shape index (κ1) is 24.2. The highest BCUT2D eigenvalue weighted by Crippen LogP contribution is 2.30. The lowest BCUT2D eigenvalue weighted by Crippen LogP contribution is -2.14. The van der Waals surface area contributed by atoms with Gasteiger partial charge in [0.25, 0.3) is 20.0 Å². The molecule has 0 unspecified atom stereocenters. The van der Waals surface area contributed by atoms with Gasteiger partial charge in [0.15, 0.2) is 11.5 Å². The van der Waals surface area contributed by atoms with Crippen LogP contribution in [0.2, 0.25) is 0 Å². The van der Waals surface area contributed by atoms with Crippen LogP contribution in [-0.4, -0.2) is 37.7 Å². The monoisotopic (exact) mass is 492 g/mol. The van der Waals surface area contributed by atoms with E-state index in [4.69, 9.17) is 14.2 Å². The number of ether oxygens (including phenoxy) is 3. The van der Waals surface area contributed by atoms with Crippen LogP contribution in [0.25, 0.3) is 0 Å². The minimum Gasteiger partial charge on any atom is -0.494 e. The van der Waals surface area contributed by atoms with Crippen LogP contribution in [0, 0.1) is 0 Å². The quantitative estimate of drug-likeness (QED) is 0.443. The molecule has 0 radical (unpaired) electrons. The highest BCUT2D eigenvalue weighted by molar-refractivity contribution is 7.93. The summed E-state index contributed by atoms with van der Waals surface area (Å²) in [5.41, 5.74) is 0.571. The Hall–Kier alpha value is -3.44. The van der Waals surface area contributed by atoms with Crippen LogP contribution < -0.4 is 23.7 Å². The average molecular weight is 493 g/mol. The van der Waals surface area contributed by atoms with Crippen molar-refractivity contribution in [1.29, 1.82) is 0 Å². The molecule has 0 aliphatic heterocycles. The molecule has 3 rings (SSSR count). The molecule has 0 amide bonds. The zero-order valence-electron chi connectivity index (χ0n) is 18.2. The van der Waals surface area contributed by atoms with E-state index in [-0.39, 0.29) is 21.2 Å². The van der Waals surface area contributed by atoms with Crippen molar-refractivity contribution in [3.63, 3.8) is 0 Å². The van der Waals surface area contributed by atoms with Crippen LogP contribution >= 0.6 is 0 Å². The summed E-state index contributed by atoms with van der Waals surface area (Å²) in [6.07, 6.45) is 0. The predicted octanol–water partition coefficient (Wildman–Crippen LogP) is 3.70. The van der Waals surface area contributed by atoms with Gasteiger partial charge in [-0.15, -0.1) is 0 Å². The lowest BCUT2D eigenvalue weighted by atomic mass is 10.3. The van der Waals surface area contributed by atoms with Crippen LogP contribution in [0.5, 0.6) is 17.2 Å². The van der Waals surface area contributed by atoms with Crippen molar-refractivity contribution < 1.29 is 31.0 Å². The molecule has 0 fully saturated rings. The molecule has 0 heterocycles. The Morgan fingerprint density at radius 3 is 1.67 bits per heavy atom. The highest BCUT2D eigenvalue weighted by Gasteiger charge is 2.19. The topological polar surface area (TPSA) is 120 Å². The molecule has 2 N–H and O–H groups in total. The number of methoxy groups -OCH3 is 2. The molecule has 176 valence electrons. The Kier molecular flexibility index (Phi) is 7.34. The smallest absolute Gasteiger partial charge is 0.262 e. The van der Waals surface area contributed by atoms with Gasteiger partial charge in [-0.1, -0.05) is 0 Å². The van der Waals surface area contributed by atoms with Crippen molar-refractivity contribution in [3.8, 4) is 17.2 Å². The second kappa shape index (κ2) is 10.0. The van der Waals surface area contributed by atoms with E-state index in [1.165, 1.54) is 56.7 Å². The van der Waals surface area contributed by atoms with Gasteiger partial charge in [-0.2, -0.15) is 0 Å². The first-order valence-electron chi connectivity index (χ1n) is 9.79. The Bertz CT molecular complexity index is 1310. The van der Waals surface area contributed by atoms with Gasteiger partial charge in [0.2, 0.25) is 0 Å². The zero-order chi connectivity index (χ0) is 24.1. The summed E-state index contributed by atoms with van der Waals surface area (Å²) in [4.78, 5) is -0.0561. The molecule has 0 aliphatic carbocycles. The summed E-state index contributed by atoms with van der Waals surface area (Å²) in [7, 11) is -4.95. The van der Waals surface area contributed by atoms with E-state index in [2.05, 4.69) is 9.44 Å². The van der Waals surface area contributed by atoms with E-state index >= 15 is 0 Å². The van der Waals surface area contributed by atoms with Gasteiger partial charge in [-0.3, -0.25) is 9.44 Å². The molecule has 33 heavy (non-hydrogen) atoms. The summed E-state index contributed by atoms with van der Waals surface area (Å²) >= 11 is 0. The minimum atomic E-state index is -3.94. The summed E-state index contributed by atoms with van der Waals surface area (Å²) in [5, 5.41) is 0. The molecule has 0 spiro atoms. The maximum Gasteiger partial charge on any atom is 0.262 e. The fraction of sp³-hybridized carbons (Fsp3) is 0.182. The summed E-state index contributed by atoms with van der Waals surface area (Å²) in [5.74, 6) is 1.29. The van der Waals surface area contributed by atoms with Gasteiger partial charge in [-0.25, -0.2) is 16.8 Å². The Balaban J connectivity index is 1.75. The first-order valence-corrected chi connectivity index (χ1v) is 12.8. The second-order valence-corrected chi connectivity index (χ2v) is 10.1. The van der Waals surface area contributed by atoms with Gasteiger partial charge in [0.05, 0.1) is 30.6 Å². The minimum absolute atomic E-state index is 0.0227. The van der Waals surface area contributed by atoms with Crippen LogP contribution in [0.1, 0.15) is 6.92 Å². The molecular weight excluding hydrogens is 468 g/mol. The molecule has 0 aromatic heterocycles. The molecule has 11 heteroatoms. The number of sulfonamides is 2. The van der Waals surface area contributed by atoms with Crippen LogP contribution in [0.15, 0.2) is 76.5 Å². The molecule has 0 saturated carbocycles. The Morgan fingerprint density at radius 1 is 0.667 bits per heavy atom. The largest absolute Gasteiger partial charge is 0.494 e. The van der Waals surface area contributed by atoms with E-state index in [1.54, 1.807) is 24.3 Å². The number of hydrogen-bond acceptors (Lipinski definition) is 7. The van der Waals surface area contributed by atoms with Gasteiger partial charge in [0, 0.05) is 17.4 Å². The zero-order valence-corrected chi connectivity index (χ0v) is 19.9. The van der Waals surface area contributed by atoms with E-state index in [1.807, 2.05) is 6.92 Å². The SMILES string of the molecule is CCOc1ccc(NS(=O)(=O)c2ccc(NS(=O)(=O)c3ccc(OC)c(OC)c3)cc2)cc1. The van der Waals surface area contributed by atoms with Crippen molar-refractivity contribution in [2.45, 2.75) is 16.7 Å². The molecular formula is C22H24N2O7S2. The van der Waals surface area contributed by atoms with E-state index in [0.29, 0.717) is 23.8 Å². The number of anilines is 2. The third kappa shape index (κ3) is 5.88. The maximum atomic E-state index is 12.7. The van der Waals surface area contributed by atoms with Crippen LogP contribution in [0.3, 0.4) is 0 Å². The first-order chi connectivity index (χ1) is 15.7. The van der Waals surface area contributed by atoms with Gasteiger partial charge in [0.1, 0.15) is 5.75 Å². The molecule has 0 saturated heterocycles. The summed E-state index contributed by atoms with van der Waals surface area (Å²) in [6.45, 7) is 2.36. The van der Waals surface area contributed by atoms with Gasteiger partial charge >= 0.3 is 0 Å². The Morgan fingerprint density at radius 2 is 1.15 bits per heavy atom. The normalized spacial score (nSPS) is 11.5. The molecule has 3 aromatic carbocycles. The Labute approximate surface area is 193 Å². The van der Waals surface area contributed by atoms with Crippen molar-refractivity contribution in [2.24, 2.45) is 0 Å². The number of nitrogens with one attached hydrogen (secondary N) is 2. The van der Waals surface area contributed by atoms with E-state index in [9.17, 15) is 16.8 Å². The van der Waals surface area contributed by atoms with E-state index in [0.717, 1.165) is 0 Å². The predicted molar refractivity (Wildman–Crippen MR) is 125 cm³/mol. The average Bonchev–Trinajstić information content (AvgIpc) is 2.80. The number of hydrogen-bond donors (Lipinski definition) is 2. The van der Waals surface area contributed by atoms with Crippen molar-refractivity contribution in [2.75, 3.05) is 30.3 Å². The second-order valence-electron chi connectivity index (χ2n) is 6.71. The van der Waals surface area contributed by atoms with Gasteiger partial charge in [-0.05, 0) is 67.6 Å². The van der Waals surface area contributed by atoms with Crippen LogP contribution in [0.4, 0.5) is 11.4 Å².